The molecule has 2 saturated heterocycles. The lowest BCUT2D eigenvalue weighted by Crippen LogP contribution is -2.41. The molecule has 1 N–H and O–H groups in total. The number of carbonyl (C=O) groups is 2. The van der Waals surface area contributed by atoms with Crippen molar-refractivity contribution >= 4 is 23.2 Å². The fourth-order valence-electron chi connectivity index (χ4n) is 4.82. The molecule has 3 aliphatic rings. The Morgan fingerprint density at radius 3 is 2.61 bits per heavy atom. The monoisotopic (exact) mass is 460 g/mol. The number of nitrogens with zero attached hydrogens (tertiary/aromatic N) is 1. The zero-order valence-corrected chi connectivity index (χ0v) is 17.3. The molecule has 0 aromatic heterocycles. The van der Waals surface area contributed by atoms with Gasteiger partial charge in [0.2, 0.25) is 11.8 Å². The molecule has 0 saturated carbocycles. The van der Waals surface area contributed by atoms with Gasteiger partial charge in [0.05, 0.1) is 37.3 Å². The van der Waals surface area contributed by atoms with Gasteiger partial charge in [-0.2, -0.15) is 0 Å². The van der Waals surface area contributed by atoms with Crippen molar-refractivity contribution in [1.29, 1.82) is 0 Å². The number of anilines is 2. The normalized spacial score (nSPS) is 27.6. The highest BCUT2D eigenvalue weighted by atomic mass is 19.4. The first-order valence-corrected chi connectivity index (χ1v) is 10.2. The summed E-state index contributed by atoms with van der Waals surface area (Å²) in [7, 11) is 1.52. The molecule has 2 fully saturated rings. The average Bonchev–Trinajstić information content (AvgIpc) is 3.42. The number of para-hydroxylation sites is 2. The summed E-state index contributed by atoms with van der Waals surface area (Å²) >= 11 is 0. The summed E-state index contributed by atoms with van der Waals surface area (Å²) in [4.78, 5) is 28.1. The maximum absolute atomic E-state index is 13.4. The van der Waals surface area contributed by atoms with E-state index in [1.807, 2.05) is 6.08 Å². The number of amides is 2. The molecule has 1 spiro atoms. The van der Waals surface area contributed by atoms with Crippen LogP contribution in [0.2, 0.25) is 0 Å². The molecule has 0 radical (unpaired) electrons. The number of rotatable bonds is 5. The molecule has 2 amide bonds. The molecule has 0 unspecified atom stereocenters. The third kappa shape index (κ3) is 3.60. The summed E-state index contributed by atoms with van der Waals surface area (Å²) in [6.07, 6.45) is -1.75. The van der Waals surface area contributed by atoms with Gasteiger partial charge >= 0.3 is 6.36 Å². The Morgan fingerprint density at radius 2 is 1.91 bits per heavy atom. The number of ether oxygens (including phenoxy) is 3. The molecule has 5 rings (SSSR count). The van der Waals surface area contributed by atoms with E-state index in [0.717, 1.165) is 12.1 Å². The van der Waals surface area contributed by atoms with Crippen molar-refractivity contribution in [3.63, 3.8) is 0 Å². The van der Waals surface area contributed by atoms with Crippen LogP contribution < -0.4 is 19.7 Å². The average molecular weight is 460 g/mol. The van der Waals surface area contributed by atoms with E-state index >= 15 is 0 Å². The highest BCUT2D eigenvalue weighted by Gasteiger charge is 2.67. The number of fused-ring (bicyclic) bond motifs is 1. The van der Waals surface area contributed by atoms with Crippen LogP contribution in [0.5, 0.6) is 11.5 Å². The van der Waals surface area contributed by atoms with Crippen LogP contribution in [-0.4, -0.2) is 43.5 Å². The smallest absolute Gasteiger partial charge is 0.495 e. The standard InChI is InChI=1S/C23H19F3N2O5/c1-31-16-5-3-2-4-15(16)28-12-22-11-10-17(33-22)18(19(22)21(28)30)20(29)27-13-6-8-14(9-7-13)32-23(24,25)26/h2-11,17-19H,12H2,1H3,(H,27,29)/t17-,18+,19+,22-/m0/s1. The van der Waals surface area contributed by atoms with Crippen molar-refractivity contribution in [3.8, 4) is 11.5 Å². The van der Waals surface area contributed by atoms with Crippen LogP contribution in [0.3, 0.4) is 0 Å². The first-order chi connectivity index (χ1) is 15.7. The Balaban J connectivity index is 1.36. The zero-order valence-electron chi connectivity index (χ0n) is 17.3. The third-order valence-electron chi connectivity index (χ3n) is 6.13. The van der Waals surface area contributed by atoms with Gasteiger partial charge in [0.25, 0.3) is 0 Å². The van der Waals surface area contributed by atoms with Crippen molar-refractivity contribution in [2.45, 2.75) is 18.1 Å². The van der Waals surface area contributed by atoms with E-state index in [2.05, 4.69) is 10.1 Å². The summed E-state index contributed by atoms with van der Waals surface area (Å²) in [5.74, 6) is -2.08. The molecule has 3 heterocycles. The number of benzene rings is 2. The topological polar surface area (TPSA) is 77.1 Å². The fourth-order valence-corrected chi connectivity index (χ4v) is 4.82. The van der Waals surface area contributed by atoms with Gasteiger partial charge < -0.3 is 24.4 Å². The number of hydrogen-bond donors (Lipinski definition) is 1. The van der Waals surface area contributed by atoms with Gasteiger partial charge in [0.1, 0.15) is 17.1 Å². The predicted molar refractivity (Wildman–Crippen MR) is 111 cm³/mol. The molecule has 4 atom stereocenters. The summed E-state index contributed by atoms with van der Waals surface area (Å²) in [5.41, 5.74) is -0.0503. The molecule has 172 valence electrons. The lowest BCUT2D eigenvalue weighted by Gasteiger charge is -2.23. The van der Waals surface area contributed by atoms with Crippen molar-refractivity contribution in [1.82, 2.24) is 0 Å². The summed E-state index contributed by atoms with van der Waals surface area (Å²) in [6.45, 7) is 0.247. The van der Waals surface area contributed by atoms with Crippen molar-refractivity contribution < 1.29 is 37.0 Å². The lowest BCUT2D eigenvalue weighted by molar-refractivity contribution is -0.274. The Bertz CT molecular complexity index is 1130. The first-order valence-electron chi connectivity index (χ1n) is 10.2. The molecule has 2 aromatic rings. The molecule has 3 aliphatic heterocycles. The van der Waals surface area contributed by atoms with Crippen LogP contribution in [0.1, 0.15) is 0 Å². The van der Waals surface area contributed by atoms with E-state index in [1.54, 1.807) is 35.2 Å². The van der Waals surface area contributed by atoms with Crippen molar-refractivity contribution in [2.24, 2.45) is 11.8 Å². The van der Waals surface area contributed by atoms with E-state index in [0.29, 0.717) is 11.4 Å². The molecule has 10 heteroatoms. The molecule has 2 aromatic carbocycles. The second-order valence-corrected chi connectivity index (χ2v) is 8.06. The van der Waals surface area contributed by atoms with E-state index in [4.69, 9.17) is 9.47 Å². The number of halogens is 3. The van der Waals surface area contributed by atoms with Crippen LogP contribution in [0.4, 0.5) is 24.5 Å². The molecular weight excluding hydrogens is 441 g/mol. The summed E-state index contributed by atoms with van der Waals surface area (Å²) in [5, 5.41) is 2.68. The third-order valence-corrected chi connectivity index (χ3v) is 6.13. The van der Waals surface area contributed by atoms with Crippen molar-refractivity contribution in [2.75, 3.05) is 23.9 Å². The quantitative estimate of drug-likeness (QED) is 0.691. The SMILES string of the molecule is COc1ccccc1N1C[C@]23C=C[C@H](O2)[C@@H](C(=O)Nc2ccc(OC(F)(F)F)cc2)[C@@H]3C1=O. The largest absolute Gasteiger partial charge is 0.573 e. The van der Waals surface area contributed by atoms with Gasteiger partial charge in [-0.05, 0) is 36.4 Å². The van der Waals surface area contributed by atoms with E-state index < -0.39 is 41.6 Å². The molecule has 2 bridgehead atoms. The minimum atomic E-state index is -4.80. The van der Waals surface area contributed by atoms with Crippen molar-refractivity contribution in [3.05, 3.63) is 60.7 Å². The minimum Gasteiger partial charge on any atom is -0.495 e. The van der Waals surface area contributed by atoms with E-state index in [9.17, 15) is 22.8 Å². The van der Waals surface area contributed by atoms with E-state index in [-0.39, 0.29) is 18.1 Å². The Hall–Kier alpha value is -3.53. The number of alkyl halides is 3. The van der Waals surface area contributed by atoms with Crippen LogP contribution in [0, 0.1) is 11.8 Å². The summed E-state index contributed by atoms with van der Waals surface area (Å²) in [6, 6.07) is 11.9. The van der Waals surface area contributed by atoms with Gasteiger partial charge in [0, 0.05) is 5.69 Å². The highest BCUT2D eigenvalue weighted by molar-refractivity contribution is 6.06. The summed E-state index contributed by atoms with van der Waals surface area (Å²) < 4.78 is 52.4. The number of hydrogen-bond acceptors (Lipinski definition) is 5. The van der Waals surface area contributed by atoms with Gasteiger partial charge in [-0.25, -0.2) is 0 Å². The Morgan fingerprint density at radius 1 is 1.18 bits per heavy atom. The van der Waals surface area contributed by atoms with Gasteiger partial charge in [-0.3, -0.25) is 9.59 Å². The maximum Gasteiger partial charge on any atom is 0.573 e. The predicted octanol–water partition coefficient (Wildman–Crippen LogP) is 3.52. The zero-order chi connectivity index (χ0) is 23.4. The lowest BCUT2D eigenvalue weighted by atomic mass is 9.77. The molecular formula is C23H19F3N2O5. The molecule has 7 nitrogen and oxygen atoms in total. The van der Waals surface area contributed by atoms with Crippen LogP contribution in [0.25, 0.3) is 0 Å². The Labute approximate surface area is 186 Å². The maximum atomic E-state index is 13.4. The highest BCUT2D eigenvalue weighted by Crippen LogP contribution is 2.53. The van der Waals surface area contributed by atoms with Crippen LogP contribution in [0.15, 0.2) is 60.7 Å². The van der Waals surface area contributed by atoms with Crippen LogP contribution >= 0.6 is 0 Å². The number of carbonyl (C=O) groups excluding carboxylic acids is 2. The van der Waals surface area contributed by atoms with Crippen LogP contribution in [-0.2, 0) is 14.3 Å². The molecule has 0 aliphatic carbocycles. The van der Waals surface area contributed by atoms with Gasteiger partial charge in [-0.1, -0.05) is 24.3 Å². The number of methoxy groups -OCH3 is 1. The van der Waals surface area contributed by atoms with Gasteiger partial charge in [0.15, 0.2) is 0 Å². The second-order valence-electron chi connectivity index (χ2n) is 8.06. The van der Waals surface area contributed by atoms with E-state index in [1.165, 1.54) is 19.2 Å². The fraction of sp³-hybridized carbons (Fsp3) is 0.304. The second kappa shape index (κ2) is 7.51. The first kappa shape index (κ1) is 21.3. The Kier molecular flexibility index (Phi) is 4.86. The number of nitrogens with one attached hydrogen (secondary N) is 1. The molecule has 33 heavy (non-hydrogen) atoms. The van der Waals surface area contributed by atoms with Gasteiger partial charge in [-0.15, -0.1) is 13.2 Å². The minimum absolute atomic E-state index is 0.247.